The maximum atomic E-state index is 12.3. The van der Waals surface area contributed by atoms with Gasteiger partial charge < -0.3 is 14.8 Å². The maximum absolute atomic E-state index is 12.3. The molecule has 0 bridgehead atoms. The number of aromatic nitrogens is 1. The lowest BCUT2D eigenvalue weighted by Gasteiger charge is -2.16. The summed E-state index contributed by atoms with van der Waals surface area (Å²) in [4.78, 5) is 31.5. The molecule has 2 saturated heterocycles. The number of hydrogen-bond donors (Lipinski definition) is 1. The van der Waals surface area contributed by atoms with E-state index in [0.29, 0.717) is 17.0 Å². The van der Waals surface area contributed by atoms with E-state index < -0.39 is 0 Å². The van der Waals surface area contributed by atoms with Crippen LogP contribution in [-0.4, -0.2) is 62.7 Å². The maximum Gasteiger partial charge on any atom is 0.270 e. The van der Waals surface area contributed by atoms with Crippen molar-refractivity contribution < 1.29 is 9.59 Å². The van der Waals surface area contributed by atoms with Gasteiger partial charge in [-0.05, 0) is 31.7 Å². The topological polar surface area (TPSA) is 56.4 Å². The Bertz CT molecular complexity index is 602. The summed E-state index contributed by atoms with van der Waals surface area (Å²) in [6, 6.07) is 1.67. The van der Waals surface area contributed by atoms with Crippen LogP contribution in [0.15, 0.2) is 12.3 Å². The standard InChI is InChI=1S/C16H21N3O2S2/c20-14(11-23-16(22)19-7-3-4-8-19)12-9-13(17-10-12)15(21)18-5-1-2-6-18/h9-10,17H,1-8,11H2. The molecule has 23 heavy (non-hydrogen) atoms. The highest BCUT2D eigenvalue weighted by atomic mass is 32.2. The van der Waals surface area contributed by atoms with Crippen molar-refractivity contribution >= 4 is 40.0 Å². The molecule has 7 heteroatoms. The number of hydrogen-bond acceptors (Lipinski definition) is 4. The molecule has 124 valence electrons. The highest BCUT2D eigenvalue weighted by Gasteiger charge is 2.22. The van der Waals surface area contributed by atoms with Gasteiger partial charge in [-0.25, -0.2) is 0 Å². The zero-order valence-electron chi connectivity index (χ0n) is 13.0. The third kappa shape index (κ3) is 3.95. The number of amides is 1. The second-order valence-electron chi connectivity index (χ2n) is 5.97. The Labute approximate surface area is 145 Å². The molecule has 0 aromatic carbocycles. The molecule has 0 aliphatic carbocycles. The van der Waals surface area contributed by atoms with E-state index in [-0.39, 0.29) is 11.7 Å². The van der Waals surface area contributed by atoms with Crippen LogP contribution in [0.3, 0.4) is 0 Å². The van der Waals surface area contributed by atoms with E-state index in [1.807, 2.05) is 4.90 Å². The molecule has 0 spiro atoms. The molecule has 1 aromatic rings. The van der Waals surface area contributed by atoms with Gasteiger partial charge in [0.25, 0.3) is 5.91 Å². The first kappa shape index (κ1) is 16.5. The predicted octanol–water partition coefficient (Wildman–Crippen LogP) is 2.55. The number of H-pyrrole nitrogens is 1. The van der Waals surface area contributed by atoms with Crippen molar-refractivity contribution in [3.63, 3.8) is 0 Å². The van der Waals surface area contributed by atoms with Gasteiger partial charge in [0, 0.05) is 37.9 Å². The summed E-state index contributed by atoms with van der Waals surface area (Å²) in [5, 5.41) is 0. The number of ketones is 1. The largest absolute Gasteiger partial charge is 0.358 e. The Kier molecular flexibility index (Phi) is 5.38. The minimum Gasteiger partial charge on any atom is -0.358 e. The van der Waals surface area contributed by atoms with Gasteiger partial charge in [0.15, 0.2) is 5.78 Å². The van der Waals surface area contributed by atoms with E-state index >= 15 is 0 Å². The van der Waals surface area contributed by atoms with E-state index in [0.717, 1.165) is 43.3 Å². The number of rotatable bonds is 4. The number of aromatic amines is 1. The zero-order valence-corrected chi connectivity index (χ0v) is 14.7. The van der Waals surface area contributed by atoms with E-state index in [1.165, 1.54) is 24.6 Å². The molecule has 0 radical (unpaired) electrons. The van der Waals surface area contributed by atoms with Gasteiger partial charge in [-0.2, -0.15) is 0 Å². The number of thioether (sulfide) groups is 1. The number of thiocarbonyl (C=S) groups is 1. The molecule has 5 nitrogen and oxygen atoms in total. The first-order valence-electron chi connectivity index (χ1n) is 8.08. The summed E-state index contributed by atoms with van der Waals surface area (Å²) in [5.74, 6) is 0.319. The minimum atomic E-state index is -0.0122. The summed E-state index contributed by atoms with van der Waals surface area (Å²) in [6.45, 7) is 3.61. The molecule has 1 N–H and O–H groups in total. The van der Waals surface area contributed by atoms with Gasteiger partial charge in [0.05, 0.1) is 5.75 Å². The summed E-state index contributed by atoms with van der Waals surface area (Å²) in [6.07, 6.45) is 6.10. The van der Waals surface area contributed by atoms with Crippen LogP contribution in [0.5, 0.6) is 0 Å². The van der Waals surface area contributed by atoms with Crippen molar-refractivity contribution in [2.45, 2.75) is 25.7 Å². The first-order chi connectivity index (χ1) is 11.1. The van der Waals surface area contributed by atoms with Crippen molar-refractivity contribution in [2.24, 2.45) is 0 Å². The van der Waals surface area contributed by atoms with E-state index in [1.54, 1.807) is 12.3 Å². The van der Waals surface area contributed by atoms with Gasteiger partial charge in [-0.3, -0.25) is 9.59 Å². The minimum absolute atomic E-state index is 0.00766. The highest BCUT2D eigenvalue weighted by Crippen LogP contribution is 2.18. The molecule has 3 rings (SSSR count). The van der Waals surface area contributed by atoms with E-state index in [4.69, 9.17) is 12.2 Å². The number of likely N-dealkylation sites (tertiary alicyclic amines) is 2. The van der Waals surface area contributed by atoms with Gasteiger partial charge in [-0.1, -0.05) is 24.0 Å². The summed E-state index contributed by atoms with van der Waals surface area (Å²) in [5.41, 5.74) is 1.06. The van der Waals surface area contributed by atoms with Crippen LogP contribution < -0.4 is 0 Å². The molecule has 3 heterocycles. The number of nitrogens with one attached hydrogen (secondary N) is 1. The fourth-order valence-electron chi connectivity index (χ4n) is 2.97. The van der Waals surface area contributed by atoms with Gasteiger partial charge in [-0.15, -0.1) is 0 Å². The summed E-state index contributed by atoms with van der Waals surface area (Å²) < 4.78 is 0.805. The second-order valence-corrected chi connectivity index (χ2v) is 7.58. The fraction of sp³-hybridized carbons (Fsp3) is 0.562. The number of nitrogens with zero attached hydrogens (tertiary/aromatic N) is 2. The SMILES string of the molecule is O=C(CSC(=S)N1CCCC1)c1c[nH]c(C(=O)N2CCCC2)c1. The quantitative estimate of drug-likeness (QED) is 0.667. The normalized spacial score (nSPS) is 17.7. The van der Waals surface area contributed by atoms with Gasteiger partial charge >= 0.3 is 0 Å². The Morgan fingerprint density at radius 1 is 1.09 bits per heavy atom. The molecule has 2 fully saturated rings. The molecule has 2 aliphatic rings. The number of carbonyl (C=O) groups excluding carboxylic acids is 2. The van der Waals surface area contributed by atoms with Crippen molar-refractivity contribution in [2.75, 3.05) is 31.9 Å². The second kappa shape index (κ2) is 7.49. The molecule has 0 saturated carbocycles. The lowest BCUT2D eigenvalue weighted by atomic mass is 10.2. The summed E-state index contributed by atoms with van der Waals surface area (Å²) in [7, 11) is 0. The fourth-order valence-corrected chi connectivity index (χ4v) is 4.12. The first-order valence-corrected chi connectivity index (χ1v) is 9.47. The van der Waals surface area contributed by atoms with Crippen LogP contribution in [0.1, 0.15) is 46.5 Å². The van der Waals surface area contributed by atoms with Crippen LogP contribution in [0.4, 0.5) is 0 Å². The van der Waals surface area contributed by atoms with Crippen LogP contribution in [0.25, 0.3) is 0 Å². The van der Waals surface area contributed by atoms with E-state index in [9.17, 15) is 9.59 Å². The third-order valence-corrected chi connectivity index (χ3v) is 5.84. The Hall–Kier alpha value is -1.34. The Morgan fingerprint density at radius 2 is 1.70 bits per heavy atom. The molecule has 0 unspecified atom stereocenters. The molecule has 0 atom stereocenters. The summed E-state index contributed by atoms with van der Waals surface area (Å²) >= 11 is 6.79. The van der Waals surface area contributed by atoms with Crippen molar-refractivity contribution in [3.05, 3.63) is 23.5 Å². The van der Waals surface area contributed by atoms with Gasteiger partial charge in [0.1, 0.15) is 10.0 Å². The van der Waals surface area contributed by atoms with Crippen molar-refractivity contribution in [1.82, 2.24) is 14.8 Å². The number of carbonyl (C=O) groups is 2. The number of Topliss-reactive ketones (excluding diaryl/α,β-unsaturated/α-hetero) is 1. The van der Waals surface area contributed by atoms with E-state index in [2.05, 4.69) is 9.88 Å². The Balaban J connectivity index is 1.53. The average molecular weight is 351 g/mol. The van der Waals surface area contributed by atoms with Crippen LogP contribution in [0.2, 0.25) is 0 Å². The predicted molar refractivity (Wildman–Crippen MR) is 96.1 cm³/mol. The third-order valence-electron chi connectivity index (χ3n) is 4.32. The van der Waals surface area contributed by atoms with Gasteiger partial charge in [0.2, 0.25) is 0 Å². The lowest BCUT2D eigenvalue weighted by molar-refractivity contribution is 0.0787. The molecule has 1 amide bonds. The monoisotopic (exact) mass is 351 g/mol. The van der Waals surface area contributed by atoms with Crippen LogP contribution in [0, 0.1) is 0 Å². The Morgan fingerprint density at radius 3 is 2.35 bits per heavy atom. The zero-order chi connectivity index (χ0) is 16.2. The molecule has 2 aliphatic heterocycles. The lowest BCUT2D eigenvalue weighted by Crippen LogP contribution is -2.27. The average Bonchev–Trinajstić information content (AvgIpc) is 3.33. The van der Waals surface area contributed by atoms with Crippen LogP contribution in [-0.2, 0) is 0 Å². The van der Waals surface area contributed by atoms with Crippen molar-refractivity contribution in [3.8, 4) is 0 Å². The van der Waals surface area contributed by atoms with Crippen molar-refractivity contribution in [1.29, 1.82) is 0 Å². The molecular formula is C16H21N3O2S2. The smallest absolute Gasteiger partial charge is 0.270 e. The molecule has 1 aromatic heterocycles. The van der Waals surface area contributed by atoms with Crippen LogP contribution >= 0.6 is 24.0 Å². The molecular weight excluding hydrogens is 330 g/mol. The highest BCUT2D eigenvalue weighted by molar-refractivity contribution is 8.23.